The number of nitrogens with one attached hydrogen (secondary N) is 2. The quantitative estimate of drug-likeness (QED) is 0.146. The van der Waals surface area contributed by atoms with Gasteiger partial charge in [0.15, 0.2) is 0 Å². The highest BCUT2D eigenvalue weighted by atomic mass is 15.2. The van der Waals surface area contributed by atoms with Crippen LogP contribution in [0, 0.1) is 5.41 Å². The van der Waals surface area contributed by atoms with Gasteiger partial charge in [0.2, 0.25) is 5.96 Å². The van der Waals surface area contributed by atoms with Gasteiger partial charge in [0.05, 0.1) is 22.1 Å². The summed E-state index contributed by atoms with van der Waals surface area (Å²) in [6, 6.07) is 59.2. The first kappa shape index (κ1) is 29.4. The zero-order chi connectivity index (χ0) is 33.6. The van der Waals surface area contributed by atoms with Crippen LogP contribution in [-0.2, 0) is 0 Å². The van der Waals surface area contributed by atoms with Crippen molar-refractivity contribution in [3.05, 3.63) is 175 Å². The number of aromatic nitrogens is 2. The minimum Gasteiger partial charge on any atom is -0.373 e. The number of fused-ring (bicyclic) bond motifs is 6. The Kier molecular flexibility index (Phi) is 7.10. The molecule has 9 rings (SSSR count). The van der Waals surface area contributed by atoms with Crippen LogP contribution in [0.25, 0.3) is 71.6 Å². The van der Waals surface area contributed by atoms with Crippen LogP contribution in [0.1, 0.15) is 5.56 Å². The van der Waals surface area contributed by atoms with Gasteiger partial charge in [-0.3, -0.25) is 9.98 Å². The fourth-order valence-electron chi connectivity index (χ4n) is 7.29. The molecule has 0 aliphatic heterocycles. The normalized spacial score (nSPS) is 11.9. The van der Waals surface area contributed by atoms with Gasteiger partial charge in [-0.15, -0.1) is 0 Å². The summed E-state index contributed by atoms with van der Waals surface area (Å²) in [6.07, 6.45) is 0. The van der Waals surface area contributed by atoms with Crippen LogP contribution in [0.3, 0.4) is 0 Å². The third kappa shape index (κ3) is 4.87. The number of benzene rings is 7. The number of aliphatic imine (C=N–C) groups is 1. The highest BCUT2D eigenvalue weighted by Crippen LogP contribution is 2.38. The van der Waals surface area contributed by atoms with E-state index in [1.165, 1.54) is 5.39 Å². The van der Waals surface area contributed by atoms with E-state index in [0.29, 0.717) is 5.84 Å². The van der Waals surface area contributed by atoms with E-state index in [-0.39, 0.29) is 5.96 Å². The molecule has 0 aliphatic carbocycles. The molecular formula is C45H33N5. The molecule has 2 heterocycles. The summed E-state index contributed by atoms with van der Waals surface area (Å²) in [5.41, 5.74) is 10.6. The Bertz CT molecular complexity index is 2680. The standard InChI is InChI=1S/C45H33N5/c1-47-44(34-26-32(30-15-5-2-6-16-30)25-33(27-34)31-17-7-3-8-18-31)48-45(46)50-41-24-14-12-22-37(41)39-28-42-38(29-43(39)50)36-21-11-13-23-40(36)49(42)35-19-9-4-10-20-35/h2-29H,1H3,(H2,46,47,48). The molecule has 7 aromatic carbocycles. The summed E-state index contributed by atoms with van der Waals surface area (Å²) < 4.78 is 4.32. The molecule has 0 aliphatic rings. The fourth-order valence-corrected chi connectivity index (χ4v) is 7.29. The van der Waals surface area contributed by atoms with Crippen molar-refractivity contribution in [3.63, 3.8) is 0 Å². The van der Waals surface area contributed by atoms with Crippen molar-refractivity contribution >= 4 is 55.4 Å². The van der Waals surface area contributed by atoms with Gasteiger partial charge in [-0.2, -0.15) is 4.99 Å². The van der Waals surface area contributed by atoms with Crippen LogP contribution in [0.15, 0.2) is 175 Å². The van der Waals surface area contributed by atoms with E-state index >= 15 is 0 Å². The van der Waals surface area contributed by atoms with Gasteiger partial charge in [-0.25, -0.2) is 0 Å². The van der Waals surface area contributed by atoms with Crippen LogP contribution in [-0.4, -0.2) is 28.0 Å². The highest BCUT2D eigenvalue weighted by Gasteiger charge is 2.20. The molecule has 5 nitrogen and oxygen atoms in total. The summed E-state index contributed by atoms with van der Waals surface area (Å²) in [4.78, 5) is 5.02. The van der Waals surface area contributed by atoms with E-state index in [2.05, 4.69) is 162 Å². The van der Waals surface area contributed by atoms with Crippen molar-refractivity contribution in [1.82, 2.24) is 14.5 Å². The van der Waals surface area contributed by atoms with Crippen LogP contribution < -0.4 is 5.32 Å². The molecule has 0 bridgehead atoms. The van der Waals surface area contributed by atoms with Gasteiger partial charge in [-0.05, 0) is 76.9 Å². The summed E-state index contributed by atoms with van der Waals surface area (Å²) in [7, 11) is 1.87. The van der Waals surface area contributed by atoms with Gasteiger partial charge in [-0.1, -0.05) is 115 Å². The lowest BCUT2D eigenvalue weighted by molar-refractivity contribution is 1.13. The molecule has 0 radical (unpaired) electrons. The van der Waals surface area contributed by atoms with Crippen molar-refractivity contribution in [1.29, 1.82) is 5.41 Å². The predicted molar refractivity (Wildman–Crippen MR) is 210 cm³/mol. The Labute approximate surface area is 289 Å². The second-order valence-corrected chi connectivity index (χ2v) is 12.5. The fraction of sp³-hybridized carbons (Fsp3) is 0.0222. The van der Waals surface area contributed by atoms with Crippen LogP contribution in [0.4, 0.5) is 0 Å². The van der Waals surface area contributed by atoms with E-state index < -0.39 is 0 Å². The number of rotatable bonds is 4. The van der Waals surface area contributed by atoms with Gasteiger partial charge in [0.1, 0.15) is 5.84 Å². The minimum atomic E-state index is 0.137. The van der Waals surface area contributed by atoms with Crippen molar-refractivity contribution in [2.75, 3.05) is 7.05 Å². The van der Waals surface area contributed by atoms with E-state index in [9.17, 15) is 5.41 Å². The van der Waals surface area contributed by atoms with E-state index in [1.807, 2.05) is 29.8 Å². The summed E-state index contributed by atoms with van der Waals surface area (Å²) in [5.74, 6) is 0.760. The smallest absolute Gasteiger partial charge is 0.229 e. The molecule has 2 N–H and O–H groups in total. The predicted octanol–water partition coefficient (Wildman–Crippen LogP) is 10.7. The maximum atomic E-state index is 9.57. The zero-order valence-corrected chi connectivity index (χ0v) is 27.5. The molecule has 0 saturated carbocycles. The SMILES string of the molecule is CN/C(=N\C(=N)n1c2ccccc2c2cc3c(cc21)c1ccccc1n3-c1ccccc1)c1cc(-c2ccccc2)cc(-c2ccccc2)c1. The highest BCUT2D eigenvalue weighted by molar-refractivity contribution is 6.21. The number of para-hydroxylation sites is 3. The molecule has 0 amide bonds. The second-order valence-electron chi connectivity index (χ2n) is 12.5. The molecule has 2 aromatic heterocycles. The number of hydrogen-bond acceptors (Lipinski definition) is 1. The maximum absolute atomic E-state index is 9.57. The largest absolute Gasteiger partial charge is 0.373 e. The lowest BCUT2D eigenvalue weighted by atomic mass is 9.95. The molecule has 0 fully saturated rings. The van der Waals surface area contributed by atoms with Crippen molar-refractivity contribution in [3.8, 4) is 27.9 Å². The number of hydrogen-bond donors (Lipinski definition) is 2. The summed E-state index contributed by atoms with van der Waals surface area (Å²) in [6.45, 7) is 0. The molecule has 238 valence electrons. The Hall–Kier alpha value is -6.72. The Morgan fingerprint density at radius 2 is 0.980 bits per heavy atom. The van der Waals surface area contributed by atoms with Gasteiger partial charge >= 0.3 is 0 Å². The average Bonchev–Trinajstić information content (AvgIpc) is 3.69. The lowest BCUT2D eigenvalue weighted by Crippen LogP contribution is -2.23. The van der Waals surface area contributed by atoms with E-state index in [0.717, 1.165) is 71.7 Å². The minimum absolute atomic E-state index is 0.137. The van der Waals surface area contributed by atoms with Crippen molar-refractivity contribution in [2.45, 2.75) is 0 Å². The zero-order valence-electron chi connectivity index (χ0n) is 27.5. The van der Waals surface area contributed by atoms with E-state index in [1.54, 1.807) is 0 Å². The molecule has 0 unspecified atom stereocenters. The average molecular weight is 644 g/mol. The van der Waals surface area contributed by atoms with Gasteiger partial charge in [0.25, 0.3) is 0 Å². The number of nitrogens with zero attached hydrogens (tertiary/aromatic N) is 3. The first-order valence-corrected chi connectivity index (χ1v) is 16.8. The summed E-state index contributed by atoms with van der Waals surface area (Å²) >= 11 is 0. The molecule has 9 aromatic rings. The Balaban J connectivity index is 1.25. The third-order valence-electron chi connectivity index (χ3n) is 9.57. The third-order valence-corrected chi connectivity index (χ3v) is 9.57. The van der Waals surface area contributed by atoms with Crippen molar-refractivity contribution < 1.29 is 0 Å². The van der Waals surface area contributed by atoms with Crippen LogP contribution in [0.2, 0.25) is 0 Å². The van der Waals surface area contributed by atoms with E-state index in [4.69, 9.17) is 4.99 Å². The first-order chi connectivity index (χ1) is 24.7. The number of amidine groups is 1. The summed E-state index contributed by atoms with van der Waals surface area (Å²) in [5, 5.41) is 17.4. The lowest BCUT2D eigenvalue weighted by Gasteiger charge is -2.14. The molecule has 5 heteroatoms. The van der Waals surface area contributed by atoms with Crippen LogP contribution >= 0.6 is 0 Å². The topological polar surface area (TPSA) is 58.1 Å². The monoisotopic (exact) mass is 643 g/mol. The molecule has 50 heavy (non-hydrogen) atoms. The van der Waals surface area contributed by atoms with Crippen molar-refractivity contribution in [2.24, 2.45) is 4.99 Å². The molecule has 0 atom stereocenters. The molecule has 0 spiro atoms. The van der Waals surface area contributed by atoms with Gasteiger partial charge in [0, 0.05) is 39.8 Å². The molecular weight excluding hydrogens is 611 g/mol. The Morgan fingerprint density at radius 3 is 1.60 bits per heavy atom. The second kappa shape index (κ2) is 12.1. The molecule has 0 saturated heterocycles. The first-order valence-electron chi connectivity index (χ1n) is 16.8. The Morgan fingerprint density at radius 1 is 0.480 bits per heavy atom. The van der Waals surface area contributed by atoms with Crippen LogP contribution in [0.5, 0.6) is 0 Å². The maximum Gasteiger partial charge on any atom is 0.229 e. The van der Waals surface area contributed by atoms with Gasteiger partial charge < -0.3 is 9.88 Å².